The van der Waals surface area contributed by atoms with Crippen LogP contribution in [0.1, 0.15) is 0 Å². The van der Waals surface area contributed by atoms with Gasteiger partial charge in [-0.15, -0.1) is 11.8 Å². The predicted molar refractivity (Wildman–Crippen MR) is 40.8 cm³/mol. The number of thioether (sulfide) groups is 1. The summed E-state index contributed by atoms with van der Waals surface area (Å²) in [7, 11) is 2.13. The summed E-state index contributed by atoms with van der Waals surface area (Å²) in [6.07, 6.45) is 2.09. The summed E-state index contributed by atoms with van der Waals surface area (Å²) in [6.45, 7) is 3.04. The molecule has 0 N–H and O–H groups in total. The van der Waals surface area contributed by atoms with E-state index in [-0.39, 0.29) is 0 Å². The van der Waals surface area contributed by atoms with Crippen molar-refractivity contribution < 1.29 is 4.74 Å². The Hall–Kier alpha value is 0.270. The van der Waals surface area contributed by atoms with Crippen LogP contribution in [0.15, 0.2) is 0 Å². The van der Waals surface area contributed by atoms with Gasteiger partial charge in [0.15, 0.2) is 0 Å². The molecule has 0 radical (unpaired) electrons. The van der Waals surface area contributed by atoms with Crippen molar-refractivity contribution in [2.75, 3.05) is 33.0 Å². The van der Waals surface area contributed by atoms with Gasteiger partial charge in [0, 0.05) is 13.1 Å². The average Bonchev–Trinajstić information content (AvgIpc) is 1.88. The van der Waals surface area contributed by atoms with E-state index in [4.69, 9.17) is 4.74 Å². The first-order chi connectivity index (χ1) is 4.33. The Morgan fingerprint density at radius 2 is 2.44 bits per heavy atom. The molecule has 1 heterocycles. The van der Waals surface area contributed by atoms with Crippen molar-refractivity contribution in [2.24, 2.45) is 0 Å². The fourth-order valence-electron chi connectivity index (χ4n) is 0.881. The van der Waals surface area contributed by atoms with Gasteiger partial charge in [0.1, 0.15) is 5.44 Å². The van der Waals surface area contributed by atoms with Crippen molar-refractivity contribution in [1.29, 1.82) is 0 Å². The molecular formula is C6H13NOS. The number of ether oxygens (including phenoxy) is 1. The van der Waals surface area contributed by atoms with Crippen molar-refractivity contribution >= 4 is 11.8 Å². The highest BCUT2D eigenvalue weighted by Gasteiger charge is 2.15. The average molecular weight is 147 g/mol. The summed E-state index contributed by atoms with van der Waals surface area (Å²) in [6, 6.07) is 0. The first-order valence-electron chi connectivity index (χ1n) is 3.16. The summed E-state index contributed by atoms with van der Waals surface area (Å²) in [5.74, 6) is 0. The highest BCUT2D eigenvalue weighted by Crippen LogP contribution is 2.12. The summed E-state index contributed by atoms with van der Waals surface area (Å²) in [5, 5.41) is 0. The van der Waals surface area contributed by atoms with Crippen LogP contribution in [-0.2, 0) is 4.74 Å². The van der Waals surface area contributed by atoms with Gasteiger partial charge in [0.05, 0.1) is 6.61 Å². The number of morpholine rings is 1. The Kier molecular flexibility index (Phi) is 2.82. The second kappa shape index (κ2) is 3.44. The van der Waals surface area contributed by atoms with E-state index in [9.17, 15) is 0 Å². The van der Waals surface area contributed by atoms with Crippen molar-refractivity contribution in [3.63, 3.8) is 0 Å². The summed E-state index contributed by atoms with van der Waals surface area (Å²) in [4.78, 5) is 2.30. The van der Waals surface area contributed by atoms with Crippen LogP contribution in [0, 0.1) is 0 Å². The van der Waals surface area contributed by atoms with Crippen molar-refractivity contribution in [3.8, 4) is 0 Å². The van der Waals surface area contributed by atoms with Gasteiger partial charge in [-0.25, -0.2) is 0 Å². The van der Waals surface area contributed by atoms with Crippen molar-refractivity contribution in [2.45, 2.75) is 5.44 Å². The maximum absolute atomic E-state index is 5.42. The Bertz CT molecular complexity index is 89.1. The van der Waals surface area contributed by atoms with Crippen LogP contribution in [0.2, 0.25) is 0 Å². The molecule has 1 rings (SSSR count). The van der Waals surface area contributed by atoms with E-state index >= 15 is 0 Å². The van der Waals surface area contributed by atoms with E-state index in [0.29, 0.717) is 5.44 Å². The topological polar surface area (TPSA) is 12.5 Å². The molecular weight excluding hydrogens is 134 g/mol. The summed E-state index contributed by atoms with van der Waals surface area (Å²) in [5.41, 5.74) is 0.406. The van der Waals surface area contributed by atoms with Gasteiger partial charge >= 0.3 is 0 Å². The third kappa shape index (κ3) is 2.16. The minimum Gasteiger partial charge on any atom is -0.365 e. The van der Waals surface area contributed by atoms with E-state index in [1.807, 2.05) is 0 Å². The van der Waals surface area contributed by atoms with Gasteiger partial charge in [-0.1, -0.05) is 0 Å². The fourth-order valence-corrected chi connectivity index (χ4v) is 1.52. The Morgan fingerprint density at radius 3 is 2.89 bits per heavy atom. The molecule has 1 atom stereocenters. The van der Waals surface area contributed by atoms with Crippen LogP contribution in [0.3, 0.4) is 0 Å². The first kappa shape index (κ1) is 7.38. The molecule has 1 aliphatic heterocycles. The largest absolute Gasteiger partial charge is 0.365 e. The van der Waals surface area contributed by atoms with Gasteiger partial charge in [-0.2, -0.15) is 0 Å². The van der Waals surface area contributed by atoms with E-state index in [1.54, 1.807) is 11.8 Å². The number of hydrogen-bond acceptors (Lipinski definition) is 3. The highest BCUT2D eigenvalue weighted by molar-refractivity contribution is 7.99. The van der Waals surface area contributed by atoms with Gasteiger partial charge in [-0.05, 0) is 13.3 Å². The molecule has 0 aromatic carbocycles. The normalized spacial score (nSPS) is 30.7. The van der Waals surface area contributed by atoms with Gasteiger partial charge < -0.3 is 9.64 Å². The zero-order chi connectivity index (χ0) is 6.69. The maximum Gasteiger partial charge on any atom is 0.115 e. The van der Waals surface area contributed by atoms with E-state index in [1.165, 1.54) is 0 Å². The van der Waals surface area contributed by atoms with E-state index < -0.39 is 0 Å². The van der Waals surface area contributed by atoms with Crippen LogP contribution >= 0.6 is 11.8 Å². The molecule has 0 aliphatic carbocycles. The molecule has 1 unspecified atom stereocenters. The number of hydrogen-bond donors (Lipinski definition) is 0. The number of rotatable bonds is 1. The predicted octanol–water partition coefficient (Wildman–Crippen LogP) is 0.637. The Labute approximate surface area is 60.6 Å². The maximum atomic E-state index is 5.42. The minimum atomic E-state index is 0.406. The van der Waals surface area contributed by atoms with E-state index in [0.717, 1.165) is 19.7 Å². The lowest BCUT2D eigenvalue weighted by Gasteiger charge is -2.28. The molecule has 0 saturated carbocycles. The van der Waals surface area contributed by atoms with Crippen LogP contribution in [-0.4, -0.2) is 43.3 Å². The standard InChI is InChI=1S/C6H13NOS/c1-7-3-4-8-6(5-7)9-2/h6H,3-5H2,1-2H3. The summed E-state index contributed by atoms with van der Waals surface area (Å²) >= 11 is 1.79. The zero-order valence-electron chi connectivity index (χ0n) is 5.96. The molecule has 0 aromatic heterocycles. The second-order valence-electron chi connectivity index (χ2n) is 2.30. The molecule has 54 valence electrons. The van der Waals surface area contributed by atoms with Gasteiger partial charge in [0.25, 0.3) is 0 Å². The zero-order valence-corrected chi connectivity index (χ0v) is 6.78. The van der Waals surface area contributed by atoms with Crippen molar-refractivity contribution in [3.05, 3.63) is 0 Å². The Morgan fingerprint density at radius 1 is 1.67 bits per heavy atom. The SMILES string of the molecule is CSC1CN(C)CCO1. The first-order valence-corrected chi connectivity index (χ1v) is 4.44. The van der Waals surface area contributed by atoms with E-state index in [2.05, 4.69) is 18.2 Å². The number of nitrogens with zero attached hydrogens (tertiary/aromatic N) is 1. The van der Waals surface area contributed by atoms with Gasteiger partial charge in [-0.3, -0.25) is 0 Å². The van der Waals surface area contributed by atoms with Crippen molar-refractivity contribution in [1.82, 2.24) is 4.90 Å². The second-order valence-corrected chi connectivity index (χ2v) is 3.30. The van der Waals surface area contributed by atoms with Crippen LogP contribution in [0.25, 0.3) is 0 Å². The Balaban J connectivity index is 2.23. The molecule has 0 spiro atoms. The lowest BCUT2D eigenvalue weighted by Crippen LogP contribution is -2.38. The lowest BCUT2D eigenvalue weighted by molar-refractivity contribution is 0.0298. The highest BCUT2D eigenvalue weighted by atomic mass is 32.2. The van der Waals surface area contributed by atoms with Crippen LogP contribution in [0.4, 0.5) is 0 Å². The smallest absolute Gasteiger partial charge is 0.115 e. The molecule has 1 aliphatic rings. The summed E-state index contributed by atoms with van der Waals surface area (Å²) < 4.78 is 5.42. The number of likely N-dealkylation sites (N-methyl/N-ethyl adjacent to an activating group) is 1. The minimum absolute atomic E-state index is 0.406. The molecule has 0 aromatic rings. The molecule has 2 nitrogen and oxygen atoms in total. The molecule has 1 fully saturated rings. The lowest BCUT2D eigenvalue weighted by atomic mass is 10.5. The van der Waals surface area contributed by atoms with Crippen LogP contribution < -0.4 is 0 Å². The fraction of sp³-hybridized carbons (Fsp3) is 1.00. The van der Waals surface area contributed by atoms with Gasteiger partial charge in [0.2, 0.25) is 0 Å². The third-order valence-electron chi connectivity index (χ3n) is 1.50. The molecule has 1 saturated heterocycles. The molecule has 0 bridgehead atoms. The monoisotopic (exact) mass is 147 g/mol. The molecule has 9 heavy (non-hydrogen) atoms. The van der Waals surface area contributed by atoms with Crippen LogP contribution in [0.5, 0.6) is 0 Å². The third-order valence-corrected chi connectivity index (χ3v) is 2.31. The quantitative estimate of drug-likeness (QED) is 0.540. The molecule has 0 amide bonds. The molecule has 3 heteroatoms.